The maximum Gasteiger partial charge on any atom is 0.266 e. The number of anilines is 1. The van der Waals surface area contributed by atoms with E-state index in [0.717, 1.165) is 5.56 Å². The number of halogens is 1. The minimum absolute atomic E-state index is 0.0921. The normalized spacial score (nSPS) is 10.8. The predicted molar refractivity (Wildman–Crippen MR) is 111 cm³/mol. The van der Waals surface area contributed by atoms with E-state index in [-0.39, 0.29) is 5.57 Å². The molecule has 29 heavy (non-hydrogen) atoms. The first kappa shape index (κ1) is 21.7. The van der Waals surface area contributed by atoms with Gasteiger partial charge in [-0.15, -0.1) is 6.58 Å². The summed E-state index contributed by atoms with van der Waals surface area (Å²) in [6, 6.07) is 10.8. The molecule has 0 bridgehead atoms. The third kappa shape index (κ3) is 5.94. The Bertz CT molecular complexity index is 944. The number of nitrogens with zero attached hydrogens (tertiary/aromatic N) is 1. The number of ether oxygens (including phenoxy) is 2. The smallest absolute Gasteiger partial charge is 0.266 e. The molecule has 0 aliphatic rings. The molecule has 2 rings (SSSR count). The fourth-order valence-corrected chi connectivity index (χ4v) is 2.69. The van der Waals surface area contributed by atoms with E-state index in [4.69, 9.17) is 9.47 Å². The number of carbonyl (C=O) groups is 1. The second-order valence-corrected chi connectivity index (χ2v) is 6.00. The third-order valence-corrected chi connectivity index (χ3v) is 3.89. The molecule has 2 aromatic carbocycles. The Morgan fingerprint density at radius 1 is 1.21 bits per heavy atom. The molecule has 1 N–H and O–H groups in total. The Morgan fingerprint density at radius 3 is 2.48 bits per heavy atom. The third-order valence-electron chi connectivity index (χ3n) is 3.89. The number of carbonyl (C=O) groups excluding carboxylic acids is 1. The first-order valence-electron chi connectivity index (χ1n) is 9.24. The largest absolute Gasteiger partial charge is 0.490 e. The molecular formula is C23H23FN2O3. The second-order valence-electron chi connectivity index (χ2n) is 6.00. The number of hydrogen-bond acceptors (Lipinski definition) is 4. The molecule has 0 unspecified atom stereocenters. The minimum atomic E-state index is -0.587. The summed E-state index contributed by atoms with van der Waals surface area (Å²) in [5, 5.41) is 12.0. The van der Waals surface area contributed by atoms with Gasteiger partial charge in [0.15, 0.2) is 11.5 Å². The highest BCUT2D eigenvalue weighted by molar-refractivity contribution is 6.09. The number of amides is 1. The molecule has 5 nitrogen and oxygen atoms in total. The fraction of sp³-hybridized carbons (Fsp3) is 0.217. The van der Waals surface area contributed by atoms with Crippen molar-refractivity contribution in [2.45, 2.75) is 20.3 Å². The van der Waals surface area contributed by atoms with E-state index in [2.05, 4.69) is 11.9 Å². The van der Waals surface area contributed by atoms with E-state index < -0.39 is 11.7 Å². The fourth-order valence-electron chi connectivity index (χ4n) is 2.69. The molecule has 0 atom stereocenters. The number of rotatable bonds is 9. The summed E-state index contributed by atoms with van der Waals surface area (Å²) < 4.78 is 24.4. The van der Waals surface area contributed by atoms with Crippen molar-refractivity contribution < 1.29 is 18.7 Å². The molecule has 0 spiro atoms. The zero-order valence-electron chi connectivity index (χ0n) is 16.5. The summed E-state index contributed by atoms with van der Waals surface area (Å²) in [6.45, 7) is 8.43. The van der Waals surface area contributed by atoms with Gasteiger partial charge in [-0.1, -0.05) is 6.08 Å². The Kier molecular flexibility index (Phi) is 7.99. The number of benzene rings is 2. The summed E-state index contributed by atoms with van der Waals surface area (Å²) in [5.74, 6) is 0.166. The minimum Gasteiger partial charge on any atom is -0.490 e. The molecule has 2 aromatic rings. The lowest BCUT2D eigenvalue weighted by Gasteiger charge is -2.16. The monoisotopic (exact) mass is 394 g/mol. The van der Waals surface area contributed by atoms with Gasteiger partial charge in [-0.3, -0.25) is 4.79 Å². The van der Waals surface area contributed by atoms with Gasteiger partial charge < -0.3 is 14.8 Å². The van der Waals surface area contributed by atoms with E-state index in [1.807, 2.05) is 26.0 Å². The van der Waals surface area contributed by atoms with Crippen LogP contribution >= 0.6 is 0 Å². The maximum atomic E-state index is 13.0. The van der Waals surface area contributed by atoms with Crippen LogP contribution in [0.25, 0.3) is 6.08 Å². The highest BCUT2D eigenvalue weighted by atomic mass is 19.1. The highest BCUT2D eigenvalue weighted by Gasteiger charge is 2.15. The van der Waals surface area contributed by atoms with Crippen molar-refractivity contribution in [1.29, 1.82) is 5.26 Å². The molecule has 6 heteroatoms. The number of hydrogen-bond donors (Lipinski definition) is 1. The van der Waals surface area contributed by atoms with Crippen molar-refractivity contribution in [3.63, 3.8) is 0 Å². The van der Waals surface area contributed by atoms with Gasteiger partial charge in [-0.2, -0.15) is 5.26 Å². The summed E-state index contributed by atoms with van der Waals surface area (Å²) in [4.78, 5) is 12.5. The molecule has 0 aliphatic heterocycles. The van der Waals surface area contributed by atoms with Gasteiger partial charge in [-0.05, 0) is 68.3 Å². The zero-order valence-corrected chi connectivity index (χ0v) is 16.5. The lowest BCUT2D eigenvalue weighted by molar-refractivity contribution is -0.112. The molecule has 0 saturated heterocycles. The summed E-state index contributed by atoms with van der Waals surface area (Å²) in [5.41, 5.74) is 1.77. The van der Waals surface area contributed by atoms with Crippen molar-refractivity contribution in [3.05, 3.63) is 71.6 Å². The summed E-state index contributed by atoms with van der Waals surface area (Å²) in [6.07, 6.45) is 3.76. The van der Waals surface area contributed by atoms with Crippen LogP contribution in [-0.4, -0.2) is 19.1 Å². The van der Waals surface area contributed by atoms with Crippen LogP contribution in [0.5, 0.6) is 11.5 Å². The van der Waals surface area contributed by atoms with Crippen LogP contribution in [0, 0.1) is 17.1 Å². The second kappa shape index (κ2) is 10.7. The average molecular weight is 394 g/mol. The van der Waals surface area contributed by atoms with Crippen molar-refractivity contribution >= 4 is 17.7 Å². The molecule has 0 saturated carbocycles. The van der Waals surface area contributed by atoms with Crippen molar-refractivity contribution in [2.24, 2.45) is 0 Å². The standard InChI is InChI=1S/C23H23FN2O3/c1-4-7-17-12-16(14-21(28-5-2)22(17)29-6-3)13-18(15-25)23(27)26-20-10-8-19(24)9-11-20/h4,8-14H,1,5-7H2,2-3H3,(H,26,27)/b18-13+. The van der Waals surface area contributed by atoms with Crippen LogP contribution in [0.3, 0.4) is 0 Å². The molecule has 150 valence electrons. The van der Waals surface area contributed by atoms with Gasteiger partial charge in [-0.25, -0.2) is 4.39 Å². The van der Waals surface area contributed by atoms with Crippen LogP contribution in [0.1, 0.15) is 25.0 Å². The predicted octanol–water partition coefficient (Wildman–Crippen LogP) is 4.90. The number of nitriles is 1. The van der Waals surface area contributed by atoms with Crippen molar-refractivity contribution in [2.75, 3.05) is 18.5 Å². The zero-order chi connectivity index (χ0) is 21.2. The average Bonchev–Trinajstić information content (AvgIpc) is 2.70. The molecule has 0 radical (unpaired) electrons. The van der Waals surface area contributed by atoms with Crippen molar-refractivity contribution in [1.82, 2.24) is 0 Å². The Labute approximate surface area is 170 Å². The topological polar surface area (TPSA) is 71.4 Å². The molecule has 0 fully saturated rings. The maximum absolute atomic E-state index is 13.0. The van der Waals surface area contributed by atoms with Crippen molar-refractivity contribution in [3.8, 4) is 17.6 Å². The molecule has 0 aliphatic carbocycles. The first-order chi connectivity index (χ1) is 14.0. The van der Waals surface area contributed by atoms with Crippen LogP contribution in [0.2, 0.25) is 0 Å². The first-order valence-corrected chi connectivity index (χ1v) is 9.24. The van der Waals surface area contributed by atoms with Gasteiger partial charge >= 0.3 is 0 Å². The Hall–Kier alpha value is -3.59. The Balaban J connectivity index is 2.40. The summed E-state index contributed by atoms with van der Waals surface area (Å²) >= 11 is 0. The van der Waals surface area contributed by atoms with Gasteiger partial charge in [0.1, 0.15) is 17.5 Å². The van der Waals surface area contributed by atoms with E-state index in [1.165, 1.54) is 30.3 Å². The van der Waals surface area contributed by atoms with Gasteiger partial charge in [0.2, 0.25) is 0 Å². The quantitative estimate of drug-likeness (QED) is 0.373. The van der Waals surface area contributed by atoms with E-state index in [1.54, 1.807) is 12.1 Å². The number of allylic oxidation sites excluding steroid dienone is 1. The lowest BCUT2D eigenvalue weighted by Crippen LogP contribution is -2.13. The summed E-state index contributed by atoms with van der Waals surface area (Å²) in [7, 11) is 0. The Morgan fingerprint density at radius 2 is 1.90 bits per heavy atom. The van der Waals surface area contributed by atoms with E-state index >= 15 is 0 Å². The van der Waals surface area contributed by atoms with Crippen LogP contribution in [0.4, 0.5) is 10.1 Å². The molecule has 1 amide bonds. The van der Waals surface area contributed by atoms with Gasteiger partial charge in [0.25, 0.3) is 5.91 Å². The van der Waals surface area contributed by atoms with Crippen LogP contribution in [-0.2, 0) is 11.2 Å². The lowest BCUT2D eigenvalue weighted by atomic mass is 10.0. The van der Waals surface area contributed by atoms with E-state index in [9.17, 15) is 14.4 Å². The molecular weight excluding hydrogens is 371 g/mol. The SMILES string of the molecule is C=CCc1cc(/C=C(\C#N)C(=O)Nc2ccc(F)cc2)cc(OCC)c1OCC. The molecule has 0 aromatic heterocycles. The number of nitrogens with one attached hydrogen (secondary N) is 1. The van der Waals surface area contributed by atoms with E-state index in [0.29, 0.717) is 42.4 Å². The van der Waals surface area contributed by atoms with Gasteiger partial charge in [0.05, 0.1) is 13.2 Å². The molecule has 0 heterocycles. The van der Waals surface area contributed by atoms with Gasteiger partial charge in [0, 0.05) is 11.3 Å². The van der Waals surface area contributed by atoms with Crippen LogP contribution in [0.15, 0.2) is 54.6 Å². The van der Waals surface area contributed by atoms with Crippen LogP contribution < -0.4 is 14.8 Å². The highest BCUT2D eigenvalue weighted by Crippen LogP contribution is 2.34.